The second-order valence-electron chi connectivity index (χ2n) is 3.73. The van der Waals surface area contributed by atoms with Crippen molar-refractivity contribution in [3.05, 3.63) is 23.9 Å². The van der Waals surface area contributed by atoms with E-state index >= 15 is 0 Å². The Morgan fingerprint density at radius 1 is 1.62 bits per heavy atom. The molecule has 88 valence electrons. The number of hydrogen-bond acceptors (Lipinski definition) is 4. The van der Waals surface area contributed by atoms with Crippen molar-refractivity contribution in [2.75, 3.05) is 12.4 Å². The van der Waals surface area contributed by atoms with Gasteiger partial charge in [0.05, 0.1) is 7.11 Å². The number of carbonyl (C=O) groups excluding carboxylic acids is 1. The maximum atomic E-state index is 11.5. The molecule has 1 aromatic heterocycles. The number of rotatable bonds is 5. The molecule has 1 atom stereocenters. The fourth-order valence-electron chi connectivity index (χ4n) is 1.53. The van der Waals surface area contributed by atoms with E-state index in [4.69, 9.17) is 4.74 Å². The highest BCUT2D eigenvalue weighted by atomic mass is 16.5. The first-order valence-corrected chi connectivity index (χ1v) is 5.49. The normalized spacial score (nSPS) is 11.9. The Labute approximate surface area is 96.0 Å². The molecule has 0 aromatic carbocycles. The highest BCUT2D eigenvalue weighted by molar-refractivity contribution is 5.94. The average Bonchev–Trinajstić information content (AvgIpc) is 2.29. The predicted octanol–water partition coefficient (Wildman–Crippen LogP) is 2.47. The number of carbonyl (C=O) groups is 1. The van der Waals surface area contributed by atoms with Crippen LogP contribution in [0.25, 0.3) is 0 Å². The first-order valence-electron chi connectivity index (χ1n) is 5.49. The summed E-state index contributed by atoms with van der Waals surface area (Å²) >= 11 is 0. The van der Waals surface area contributed by atoms with Gasteiger partial charge in [0.2, 0.25) is 0 Å². The number of esters is 1. The number of pyridine rings is 1. The van der Waals surface area contributed by atoms with E-state index in [0.29, 0.717) is 17.4 Å². The molecule has 0 fully saturated rings. The van der Waals surface area contributed by atoms with Gasteiger partial charge in [-0.05, 0) is 25.5 Å². The van der Waals surface area contributed by atoms with Crippen LogP contribution in [-0.4, -0.2) is 24.1 Å². The number of nitrogens with one attached hydrogen (secondary N) is 1. The Bertz CT molecular complexity index is 353. The molecule has 0 bridgehead atoms. The summed E-state index contributed by atoms with van der Waals surface area (Å²) in [6, 6.07) is 3.73. The summed E-state index contributed by atoms with van der Waals surface area (Å²) in [5.41, 5.74) is 0.480. The van der Waals surface area contributed by atoms with Crippen molar-refractivity contribution in [1.82, 2.24) is 4.98 Å². The number of hydrogen-bond donors (Lipinski definition) is 1. The third-order valence-electron chi connectivity index (χ3n) is 2.32. The van der Waals surface area contributed by atoms with E-state index in [2.05, 4.69) is 24.1 Å². The summed E-state index contributed by atoms with van der Waals surface area (Å²) in [6.45, 7) is 4.19. The van der Waals surface area contributed by atoms with Crippen LogP contribution in [0.4, 0.5) is 5.82 Å². The number of anilines is 1. The lowest BCUT2D eigenvalue weighted by Crippen LogP contribution is -2.18. The van der Waals surface area contributed by atoms with E-state index in [-0.39, 0.29) is 5.97 Å². The Balaban J connectivity index is 2.82. The molecule has 1 unspecified atom stereocenters. The summed E-state index contributed by atoms with van der Waals surface area (Å²) < 4.78 is 4.70. The molecule has 1 rings (SSSR count). The molecule has 1 heterocycles. The van der Waals surface area contributed by atoms with Crippen LogP contribution in [0.3, 0.4) is 0 Å². The number of aromatic nitrogens is 1. The highest BCUT2D eigenvalue weighted by Crippen LogP contribution is 2.14. The lowest BCUT2D eigenvalue weighted by Gasteiger charge is -2.15. The first-order chi connectivity index (χ1) is 7.69. The van der Waals surface area contributed by atoms with Gasteiger partial charge in [0.1, 0.15) is 11.4 Å². The average molecular weight is 222 g/mol. The quantitative estimate of drug-likeness (QED) is 0.777. The van der Waals surface area contributed by atoms with Crippen LogP contribution < -0.4 is 5.32 Å². The van der Waals surface area contributed by atoms with Gasteiger partial charge in [-0.15, -0.1) is 0 Å². The molecule has 0 spiro atoms. The van der Waals surface area contributed by atoms with Gasteiger partial charge in [-0.25, -0.2) is 9.78 Å². The SMILES string of the molecule is CCCC(C)Nc1ncccc1C(=O)OC. The van der Waals surface area contributed by atoms with Crippen LogP contribution in [0.1, 0.15) is 37.0 Å². The van der Waals surface area contributed by atoms with Gasteiger partial charge < -0.3 is 10.1 Å². The Morgan fingerprint density at radius 2 is 2.38 bits per heavy atom. The van der Waals surface area contributed by atoms with Gasteiger partial charge >= 0.3 is 5.97 Å². The van der Waals surface area contributed by atoms with Gasteiger partial charge in [-0.3, -0.25) is 0 Å². The van der Waals surface area contributed by atoms with E-state index in [0.717, 1.165) is 12.8 Å². The van der Waals surface area contributed by atoms with Crippen LogP contribution in [0.15, 0.2) is 18.3 Å². The standard InChI is InChI=1S/C12H18N2O2/c1-4-6-9(2)14-11-10(12(15)16-3)7-5-8-13-11/h5,7-9H,4,6H2,1-3H3,(H,13,14). The first kappa shape index (κ1) is 12.5. The molecule has 1 aromatic rings. The molecule has 0 saturated heterocycles. The Kier molecular flexibility index (Phi) is 4.76. The van der Waals surface area contributed by atoms with Crippen molar-refractivity contribution in [1.29, 1.82) is 0 Å². The zero-order chi connectivity index (χ0) is 12.0. The lowest BCUT2D eigenvalue weighted by atomic mass is 10.2. The van der Waals surface area contributed by atoms with Gasteiger partial charge in [0.15, 0.2) is 0 Å². The predicted molar refractivity (Wildman–Crippen MR) is 63.6 cm³/mol. The summed E-state index contributed by atoms with van der Waals surface area (Å²) in [7, 11) is 1.37. The third kappa shape index (κ3) is 3.22. The molecule has 0 aliphatic heterocycles. The number of ether oxygens (including phenoxy) is 1. The van der Waals surface area contributed by atoms with Crippen molar-refractivity contribution in [3.8, 4) is 0 Å². The minimum atomic E-state index is -0.362. The van der Waals surface area contributed by atoms with Crippen molar-refractivity contribution < 1.29 is 9.53 Å². The fourth-order valence-corrected chi connectivity index (χ4v) is 1.53. The van der Waals surface area contributed by atoms with Crippen LogP contribution in [0.2, 0.25) is 0 Å². The molecule has 0 radical (unpaired) electrons. The molecule has 4 heteroatoms. The zero-order valence-corrected chi connectivity index (χ0v) is 9.99. The summed E-state index contributed by atoms with van der Waals surface area (Å²) in [4.78, 5) is 15.6. The van der Waals surface area contributed by atoms with Crippen molar-refractivity contribution in [3.63, 3.8) is 0 Å². The second-order valence-corrected chi connectivity index (χ2v) is 3.73. The van der Waals surface area contributed by atoms with E-state index in [9.17, 15) is 4.79 Å². The lowest BCUT2D eigenvalue weighted by molar-refractivity contribution is 0.0601. The summed E-state index contributed by atoms with van der Waals surface area (Å²) in [5, 5.41) is 3.21. The molecular formula is C12H18N2O2. The largest absolute Gasteiger partial charge is 0.465 e. The molecule has 0 aliphatic carbocycles. The Morgan fingerprint density at radius 3 is 3.00 bits per heavy atom. The van der Waals surface area contributed by atoms with Gasteiger partial charge in [0, 0.05) is 12.2 Å². The second kappa shape index (κ2) is 6.10. The minimum Gasteiger partial charge on any atom is -0.465 e. The van der Waals surface area contributed by atoms with E-state index < -0.39 is 0 Å². The molecule has 0 aliphatic rings. The zero-order valence-electron chi connectivity index (χ0n) is 9.99. The van der Waals surface area contributed by atoms with Gasteiger partial charge in [0.25, 0.3) is 0 Å². The van der Waals surface area contributed by atoms with Crippen LogP contribution in [0, 0.1) is 0 Å². The number of nitrogens with zero attached hydrogens (tertiary/aromatic N) is 1. The molecule has 0 amide bonds. The molecule has 16 heavy (non-hydrogen) atoms. The summed E-state index contributed by atoms with van der Waals surface area (Å²) in [6.07, 6.45) is 3.79. The number of methoxy groups -OCH3 is 1. The maximum Gasteiger partial charge on any atom is 0.341 e. The van der Waals surface area contributed by atoms with Crippen molar-refractivity contribution in [2.24, 2.45) is 0 Å². The maximum absolute atomic E-state index is 11.5. The molecule has 1 N–H and O–H groups in total. The van der Waals surface area contributed by atoms with Gasteiger partial charge in [-0.2, -0.15) is 0 Å². The molecule has 0 saturated carbocycles. The van der Waals surface area contributed by atoms with Crippen LogP contribution >= 0.6 is 0 Å². The molecule has 4 nitrogen and oxygen atoms in total. The fraction of sp³-hybridized carbons (Fsp3) is 0.500. The van der Waals surface area contributed by atoms with Crippen LogP contribution in [-0.2, 0) is 4.74 Å². The van der Waals surface area contributed by atoms with E-state index in [1.54, 1.807) is 18.3 Å². The smallest absolute Gasteiger partial charge is 0.341 e. The van der Waals surface area contributed by atoms with Gasteiger partial charge in [-0.1, -0.05) is 13.3 Å². The van der Waals surface area contributed by atoms with E-state index in [1.807, 2.05) is 0 Å². The van der Waals surface area contributed by atoms with Crippen LogP contribution in [0.5, 0.6) is 0 Å². The minimum absolute atomic E-state index is 0.295. The van der Waals surface area contributed by atoms with Crippen molar-refractivity contribution in [2.45, 2.75) is 32.7 Å². The monoisotopic (exact) mass is 222 g/mol. The Hall–Kier alpha value is -1.58. The topological polar surface area (TPSA) is 51.2 Å². The van der Waals surface area contributed by atoms with Crippen molar-refractivity contribution >= 4 is 11.8 Å². The highest BCUT2D eigenvalue weighted by Gasteiger charge is 2.13. The molecular weight excluding hydrogens is 204 g/mol. The third-order valence-corrected chi connectivity index (χ3v) is 2.32. The van der Waals surface area contributed by atoms with E-state index in [1.165, 1.54) is 7.11 Å². The summed E-state index contributed by atoms with van der Waals surface area (Å²) in [5.74, 6) is 0.231.